The van der Waals surface area contributed by atoms with Crippen molar-refractivity contribution in [1.82, 2.24) is 4.90 Å². The normalized spacial score (nSPS) is 22.7. The lowest BCUT2D eigenvalue weighted by molar-refractivity contribution is 0.197. The number of likely N-dealkylation sites (tertiary alicyclic amines) is 1. The van der Waals surface area contributed by atoms with Crippen molar-refractivity contribution in [3.8, 4) is 0 Å². The molecule has 1 fully saturated rings. The van der Waals surface area contributed by atoms with E-state index in [1.165, 1.54) is 30.6 Å². The molecule has 2 nitrogen and oxygen atoms in total. The Morgan fingerprint density at radius 3 is 2.53 bits per heavy atom. The number of rotatable bonds is 3. The molecule has 0 bridgehead atoms. The molecule has 19 heavy (non-hydrogen) atoms. The molecule has 0 aliphatic carbocycles. The van der Waals surface area contributed by atoms with Crippen molar-refractivity contribution in [1.29, 1.82) is 0 Å². The highest BCUT2D eigenvalue weighted by Gasteiger charge is 2.34. The molecule has 2 rings (SSSR count). The molecule has 2 atom stereocenters. The molecular formula is C17H28N2. The number of nitrogens with zero attached hydrogens (tertiary/aromatic N) is 1. The number of aryl methyl sites for hydroxylation is 1. The van der Waals surface area contributed by atoms with Crippen LogP contribution in [0.4, 0.5) is 0 Å². The summed E-state index contributed by atoms with van der Waals surface area (Å²) in [5.41, 5.74) is 9.23. The Morgan fingerprint density at radius 1 is 1.32 bits per heavy atom. The lowest BCUT2D eigenvalue weighted by atomic mass is 9.80. The van der Waals surface area contributed by atoms with Crippen LogP contribution in [0.2, 0.25) is 0 Å². The van der Waals surface area contributed by atoms with E-state index in [9.17, 15) is 0 Å². The topological polar surface area (TPSA) is 29.3 Å². The molecule has 2 N–H and O–H groups in total. The van der Waals surface area contributed by atoms with Gasteiger partial charge in [0.25, 0.3) is 0 Å². The second-order valence-electron chi connectivity index (χ2n) is 6.95. The van der Waals surface area contributed by atoms with Gasteiger partial charge in [0.2, 0.25) is 0 Å². The van der Waals surface area contributed by atoms with E-state index in [0.717, 1.165) is 5.92 Å². The van der Waals surface area contributed by atoms with Gasteiger partial charge < -0.3 is 5.73 Å². The predicted octanol–water partition coefficient (Wildman–Crippen LogP) is 3.36. The minimum absolute atomic E-state index is 0.383. The van der Waals surface area contributed by atoms with E-state index in [1.807, 2.05) is 0 Å². The fraction of sp³-hybridized carbons (Fsp3) is 0.647. The van der Waals surface area contributed by atoms with Gasteiger partial charge in [-0.2, -0.15) is 0 Å². The fourth-order valence-corrected chi connectivity index (χ4v) is 3.21. The van der Waals surface area contributed by atoms with E-state index in [1.54, 1.807) is 0 Å². The Labute approximate surface area is 118 Å². The minimum atomic E-state index is 0.383. The van der Waals surface area contributed by atoms with Gasteiger partial charge in [-0.25, -0.2) is 0 Å². The third-order valence-electron chi connectivity index (χ3n) is 4.66. The zero-order valence-electron chi connectivity index (χ0n) is 12.8. The lowest BCUT2D eigenvalue weighted by Crippen LogP contribution is -2.34. The van der Waals surface area contributed by atoms with Crippen molar-refractivity contribution in [2.45, 2.75) is 40.2 Å². The van der Waals surface area contributed by atoms with Crippen LogP contribution in [0.3, 0.4) is 0 Å². The lowest BCUT2D eigenvalue weighted by Gasteiger charge is -2.31. The largest absolute Gasteiger partial charge is 0.329 e. The Kier molecular flexibility index (Phi) is 4.32. The molecule has 0 radical (unpaired) electrons. The van der Waals surface area contributed by atoms with Gasteiger partial charge >= 0.3 is 0 Å². The van der Waals surface area contributed by atoms with Crippen LogP contribution in [0.1, 0.15) is 44.4 Å². The number of hydrogen-bond acceptors (Lipinski definition) is 2. The molecule has 1 aliphatic heterocycles. The van der Waals surface area contributed by atoms with Crippen LogP contribution in [-0.2, 0) is 0 Å². The Balaban J connectivity index is 2.15. The summed E-state index contributed by atoms with van der Waals surface area (Å²) >= 11 is 0. The van der Waals surface area contributed by atoms with Gasteiger partial charge in [0, 0.05) is 19.1 Å². The van der Waals surface area contributed by atoms with Gasteiger partial charge in [-0.1, -0.05) is 45.0 Å². The van der Waals surface area contributed by atoms with Crippen LogP contribution in [0.25, 0.3) is 0 Å². The van der Waals surface area contributed by atoms with Gasteiger partial charge in [-0.15, -0.1) is 0 Å². The standard InChI is InChI=1S/C17H28N2/c1-13-7-5-6-8-15(13)16(11-18)19-10-9-14(12-19)17(2,3)4/h5-8,14,16H,9-12,18H2,1-4H3. The molecule has 1 aromatic carbocycles. The quantitative estimate of drug-likeness (QED) is 0.903. The molecule has 2 unspecified atom stereocenters. The Bertz CT molecular complexity index is 420. The van der Waals surface area contributed by atoms with Crippen LogP contribution in [-0.4, -0.2) is 24.5 Å². The molecule has 0 spiro atoms. The maximum atomic E-state index is 6.07. The van der Waals surface area contributed by atoms with Gasteiger partial charge in [0.1, 0.15) is 0 Å². The van der Waals surface area contributed by atoms with Crippen LogP contribution in [0.15, 0.2) is 24.3 Å². The molecule has 0 saturated carbocycles. The zero-order chi connectivity index (χ0) is 14.0. The molecule has 0 amide bonds. The van der Waals surface area contributed by atoms with E-state index in [4.69, 9.17) is 5.73 Å². The van der Waals surface area contributed by atoms with Crippen LogP contribution >= 0.6 is 0 Å². The summed E-state index contributed by atoms with van der Waals surface area (Å²) in [5.74, 6) is 0.783. The van der Waals surface area contributed by atoms with Gasteiger partial charge in [0.05, 0.1) is 0 Å². The second kappa shape index (κ2) is 5.64. The van der Waals surface area contributed by atoms with Gasteiger partial charge in [0.15, 0.2) is 0 Å². The Hall–Kier alpha value is -0.860. The van der Waals surface area contributed by atoms with Crippen molar-refractivity contribution in [2.24, 2.45) is 17.1 Å². The fourth-order valence-electron chi connectivity index (χ4n) is 3.21. The van der Waals surface area contributed by atoms with E-state index in [0.29, 0.717) is 18.0 Å². The maximum absolute atomic E-state index is 6.07. The number of hydrogen-bond donors (Lipinski definition) is 1. The average Bonchev–Trinajstić information content (AvgIpc) is 2.82. The highest BCUT2D eigenvalue weighted by atomic mass is 15.2. The summed E-state index contributed by atoms with van der Waals surface area (Å²) in [7, 11) is 0. The number of benzene rings is 1. The third kappa shape index (κ3) is 3.18. The second-order valence-corrected chi connectivity index (χ2v) is 6.95. The summed E-state index contributed by atoms with van der Waals surface area (Å²) in [4.78, 5) is 2.58. The van der Waals surface area contributed by atoms with Crippen molar-refractivity contribution < 1.29 is 0 Å². The summed E-state index contributed by atoms with van der Waals surface area (Å²) in [6, 6.07) is 9.04. The first-order chi connectivity index (χ1) is 8.93. The molecule has 2 heteroatoms. The maximum Gasteiger partial charge on any atom is 0.0473 e. The Morgan fingerprint density at radius 2 is 2.00 bits per heavy atom. The van der Waals surface area contributed by atoms with E-state index < -0.39 is 0 Å². The van der Waals surface area contributed by atoms with Crippen molar-refractivity contribution >= 4 is 0 Å². The number of nitrogens with two attached hydrogens (primary N) is 1. The molecule has 106 valence electrons. The smallest absolute Gasteiger partial charge is 0.0473 e. The first kappa shape index (κ1) is 14.5. The molecular weight excluding hydrogens is 232 g/mol. The average molecular weight is 260 g/mol. The molecule has 1 saturated heterocycles. The van der Waals surface area contributed by atoms with Crippen LogP contribution in [0.5, 0.6) is 0 Å². The van der Waals surface area contributed by atoms with E-state index >= 15 is 0 Å². The monoisotopic (exact) mass is 260 g/mol. The van der Waals surface area contributed by atoms with Gasteiger partial charge in [-0.05, 0) is 42.3 Å². The van der Waals surface area contributed by atoms with E-state index in [-0.39, 0.29) is 0 Å². The molecule has 1 heterocycles. The first-order valence-corrected chi connectivity index (χ1v) is 7.43. The zero-order valence-corrected chi connectivity index (χ0v) is 12.8. The molecule has 0 aromatic heterocycles. The van der Waals surface area contributed by atoms with Crippen LogP contribution in [0, 0.1) is 18.3 Å². The molecule has 1 aromatic rings. The molecule has 1 aliphatic rings. The summed E-state index contributed by atoms with van der Waals surface area (Å²) in [5, 5.41) is 0. The third-order valence-corrected chi connectivity index (χ3v) is 4.66. The van der Waals surface area contributed by atoms with Crippen molar-refractivity contribution in [2.75, 3.05) is 19.6 Å². The van der Waals surface area contributed by atoms with Crippen molar-refractivity contribution in [3.05, 3.63) is 35.4 Å². The highest BCUT2D eigenvalue weighted by Crippen LogP contribution is 2.37. The summed E-state index contributed by atoms with van der Waals surface area (Å²) in [6.07, 6.45) is 1.30. The summed E-state index contributed by atoms with van der Waals surface area (Å²) < 4.78 is 0. The van der Waals surface area contributed by atoms with Gasteiger partial charge in [-0.3, -0.25) is 4.90 Å². The minimum Gasteiger partial charge on any atom is -0.329 e. The highest BCUT2D eigenvalue weighted by molar-refractivity contribution is 5.29. The predicted molar refractivity (Wildman–Crippen MR) is 82.1 cm³/mol. The van der Waals surface area contributed by atoms with E-state index in [2.05, 4.69) is 56.9 Å². The SMILES string of the molecule is Cc1ccccc1C(CN)N1CCC(C(C)(C)C)C1. The van der Waals surface area contributed by atoms with Crippen LogP contribution < -0.4 is 5.73 Å². The summed E-state index contributed by atoms with van der Waals surface area (Å²) in [6.45, 7) is 12.3. The first-order valence-electron chi connectivity index (χ1n) is 7.43. The van der Waals surface area contributed by atoms with Crippen molar-refractivity contribution in [3.63, 3.8) is 0 Å².